The van der Waals surface area contributed by atoms with E-state index in [-0.39, 0.29) is 0 Å². The predicted octanol–water partition coefficient (Wildman–Crippen LogP) is 1.59. The van der Waals surface area contributed by atoms with Crippen molar-refractivity contribution < 1.29 is 0 Å². The normalized spacial score (nSPS) is 17.6. The smallest absolute Gasteiger partial charge is 0.186 e. The molecule has 0 spiro atoms. The highest BCUT2D eigenvalue weighted by Gasteiger charge is 2.22. The maximum absolute atomic E-state index is 5.86. The number of hydrogen-bond donors (Lipinski definition) is 2. The average Bonchev–Trinajstić information content (AvgIpc) is 2.85. The Bertz CT molecular complexity index is 484. The van der Waals surface area contributed by atoms with Crippen molar-refractivity contribution in [2.24, 2.45) is 0 Å². The highest BCUT2D eigenvalue weighted by atomic mass is 15.2. The molecule has 0 saturated heterocycles. The van der Waals surface area contributed by atoms with Crippen LogP contribution in [0.5, 0.6) is 0 Å². The van der Waals surface area contributed by atoms with E-state index in [0.717, 1.165) is 11.1 Å². The molecule has 0 unspecified atom stereocenters. The topological polar surface area (TPSA) is 80.5 Å². The largest absolute Gasteiger partial charge is 0.383 e. The van der Waals surface area contributed by atoms with Crippen LogP contribution in [0.2, 0.25) is 0 Å². The second-order valence-electron chi connectivity index (χ2n) is 4.08. The molecular weight excluding hydrogens is 190 g/mol. The summed E-state index contributed by atoms with van der Waals surface area (Å²) < 4.78 is 0. The molecule has 0 bridgehead atoms. The number of nitrogens with two attached hydrogens (primary N) is 1. The number of hydrogen-bond acceptors (Lipinski definition) is 4. The van der Waals surface area contributed by atoms with Gasteiger partial charge in [-0.1, -0.05) is 12.8 Å². The van der Waals surface area contributed by atoms with Crippen molar-refractivity contribution >= 4 is 16.9 Å². The maximum atomic E-state index is 5.86. The number of fused-ring (bicyclic) bond motifs is 1. The van der Waals surface area contributed by atoms with Crippen LogP contribution in [-0.4, -0.2) is 20.2 Å². The van der Waals surface area contributed by atoms with E-state index in [1.807, 2.05) is 0 Å². The molecule has 5 nitrogen and oxygen atoms in total. The molecule has 2 aromatic rings. The molecule has 3 rings (SSSR count). The first kappa shape index (κ1) is 8.64. The fourth-order valence-electron chi connectivity index (χ4n) is 2.41. The summed E-state index contributed by atoms with van der Waals surface area (Å²) in [5.74, 6) is 1.10. The number of nitrogen functional groups attached to an aromatic ring is 1. The van der Waals surface area contributed by atoms with E-state index in [1.54, 1.807) is 0 Å². The van der Waals surface area contributed by atoms with Crippen LogP contribution in [0.1, 0.15) is 37.3 Å². The standard InChI is InChI=1S/C10H13N5/c11-9-7-8(6-3-1-2-4-6)14-15-10(7)13-5-12-9/h5-6H,1-4H2,(H3,11,12,13,14,15). The van der Waals surface area contributed by atoms with Crippen LogP contribution in [0.3, 0.4) is 0 Å². The van der Waals surface area contributed by atoms with Crippen molar-refractivity contribution in [3.8, 4) is 0 Å². The van der Waals surface area contributed by atoms with E-state index in [9.17, 15) is 0 Å². The zero-order valence-electron chi connectivity index (χ0n) is 8.40. The van der Waals surface area contributed by atoms with Gasteiger partial charge >= 0.3 is 0 Å². The van der Waals surface area contributed by atoms with Gasteiger partial charge in [0.25, 0.3) is 0 Å². The molecule has 15 heavy (non-hydrogen) atoms. The molecule has 0 aromatic carbocycles. The average molecular weight is 203 g/mol. The zero-order valence-corrected chi connectivity index (χ0v) is 8.40. The van der Waals surface area contributed by atoms with Gasteiger partial charge in [-0.15, -0.1) is 0 Å². The van der Waals surface area contributed by atoms with Gasteiger partial charge < -0.3 is 5.73 Å². The quantitative estimate of drug-likeness (QED) is 0.737. The molecule has 0 aliphatic heterocycles. The second kappa shape index (κ2) is 3.18. The van der Waals surface area contributed by atoms with Gasteiger partial charge in [0, 0.05) is 5.92 Å². The number of anilines is 1. The molecule has 2 aromatic heterocycles. The minimum Gasteiger partial charge on any atom is -0.383 e. The molecule has 78 valence electrons. The predicted molar refractivity (Wildman–Crippen MR) is 57.3 cm³/mol. The molecule has 1 aliphatic rings. The number of nitrogens with zero attached hydrogens (tertiary/aromatic N) is 3. The molecule has 1 fully saturated rings. The summed E-state index contributed by atoms with van der Waals surface area (Å²) in [5, 5.41) is 8.15. The Balaban J connectivity index is 2.18. The Morgan fingerprint density at radius 2 is 2.07 bits per heavy atom. The Morgan fingerprint density at radius 1 is 1.27 bits per heavy atom. The van der Waals surface area contributed by atoms with Crippen molar-refractivity contribution in [2.45, 2.75) is 31.6 Å². The first-order chi connectivity index (χ1) is 7.36. The van der Waals surface area contributed by atoms with Crippen LogP contribution in [-0.2, 0) is 0 Å². The van der Waals surface area contributed by atoms with Crippen molar-refractivity contribution in [1.29, 1.82) is 0 Å². The summed E-state index contributed by atoms with van der Waals surface area (Å²) in [6.45, 7) is 0. The van der Waals surface area contributed by atoms with E-state index in [4.69, 9.17) is 5.73 Å². The molecule has 0 atom stereocenters. The van der Waals surface area contributed by atoms with Crippen LogP contribution in [0.4, 0.5) is 5.82 Å². The van der Waals surface area contributed by atoms with Crippen LogP contribution < -0.4 is 5.73 Å². The molecule has 0 amide bonds. The Hall–Kier alpha value is -1.65. The summed E-state index contributed by atoms with van der Waals surface area (Å²) >= 11 is 0. The third-order valence-corrected chi connectivity index (χ3v) is 3.17. The van der Waals surface area contributed by atoms with Crippen molar-refractivity contribution in [1.82, 2.24) is 20.2 Å². The molecule has 5 heteroatoms. The molecule has 1 aliphatic carbocycles. The van der Waals surface area contributed by atoms with Crippen LogP contribution in [0.15, 0.2) is 6.33 Å². The summed E-state index contributed by atoms with van der Waals surface area (Å²) in [7, 11) is 0. The van der Waals surface area contributed by atoms with Gasteiger partial charge in [-0.2, -0.15) is 5.10 Å². The van der Waals surface area contributed by atoms with Gasteiger partial charge in [-0.3, -0.25) is 5.10 Å². The number of H-pyrrole nitrogens is 1. The summed E-state index contributed by atoms with van der Waals surface area (Å²) in [6, 6.07) is 0. The maximum Gasteiger partial charge on any atom is 0.186 e. The van der Waals surface area contributed by atoms with Gasteiger partial charge in [0.2, 0.25) is 0 Å². The first-order valence-corrected chi connectivity index (χ1v) is 5.30. The summed E-state index contributed by atoms with van der Waals surface area (Å²) in [4.78, 5) is 8.12. The molecule has 2 heterocycles. The van der Waals surface area contributed by atoms with Crippen molar-refractivity contribution in [2.75, 3.05) is 5.73 Å². The second-order valence-corrected chi connectivity index (χ2v) is 4.08. The third kappa shape index (κ3) is 1.26. The van der Waals surface area contributed by atoms with E-state index in [2.05, 4.69) is 20.2 Å². The SMILES string of the molecule is Nc1ncnc2n[nH]c(C3CCCC3)c12. The van der Waals surface area contributed by atoms with E-state index in [0.29, 0.717) is 17.4 Å². The number of aromatic nitrogens is 4. The Morgan fingerprint density at radius 3 is 2.87 bits per heavy atom. The molecular formula is C10H13N5. The van der Waals surface area contributed by atoms with Gasteiger partial charge in [-0.05, 0) is 12.8 Å². The first-order valence-electron chi connectivity index (χ1n) is 5.30. The lowest BCUT2D eigenvalue weighted by atomic mass is 10.0. The lowest BCUT2D eigenvalue weighted by Gasteiger charge is -2.06. The number of nitrogens with one attached hydrogen (secondary N) is 1. The monoisotopic (exact) mass is 203 g/mol. The lowest BCUT2D eigenvalue weighted by molar-refractivity contribution is 0.698. The van der Waals surface area contributed by atoms with Crippen LogP contribution >= 0.6 is 0 Å². The van der Waals surface area contributed by atoms with E-state index in [1.165, 1.54) is 32.0 Å². The number of rotatable bonds is 1. The van der Waals surface area contributed by atoms with Crippen molar-refractivity contribution in [3.05, 3.63) is 12.0 Å². The van der Waals surface area contributed by atoms with Crippen LogP contribution in [0.25, 0.3) is 11.0 Å². The molecule has 1 saturated carbocycles. The fourth-order valence-corrected chi connectivity index (χ4v) is 2.41. The lowest BCUT2D eigenvalue weighted by Crippen LogP contribution is -1.97. The highest BCUT2D eigenvalue weighted by molar-refractivity contribution is 5.87. The Labute approximate surface area is 87.1 Å². The van der Waals surface area contributed by atoms with Gasteiger partial charge in [0.1, 0.15) is 12.1 Å². The van der Waals surface area contributed by atoms with Gasteiger partial charge in [0.15, 0.2) is 5.65 Å². The minimum atomic E-state index is 0.538. The van der Waals surface area contributed by atoms with Crippen molar-refractivity contribution in [3.63, 3.8) is 0 Å². The fraction of sp³-hybridized carbons (Fsp3) is 0.500. The molecule has 0 radical (unpaired) electrons. The zero-order chi connectivity index (χ0) is 10.3. The molecule has 3 N–H and O–H groups in total. The van der Waals surface area contributed by atoms with Gasteiger partial charge in [-0.25, -0.2) is 9.97 Å². The highest BCUT2D eigenvalue weighted by Crippen LogP contribution is 2.36. The third-order valence-electron chi connectivity index (χ3n) is 3.17. The summed E-state index contributed by atoms with van der Waals surface area (Å²) in [6.07, 6.45) is 6.46. The Kier molecular flexibility index (Phi) is 1.83. The number of aromatic amines is 1. The van der Waals surface area contributed by atoms with Crippen LogP contribution in [0, 0.1) is 0 Å². The summed E-state index contributed by atoms with van der Waals surface area (Å²) in [5.41, 5.74) is 7.67. The van der Waals surface area contributed by atoms with E-state index < -0.39 is 0 Å². The van der Waals surface area contributed by atoms with E-state index >= 15 is 0 Å². The van der Waals surface area contributed by atoms with Gasteiger partial charge in [0.05, 0.1) is 11.1 Å². The minimum absolute atomic E-state index is 0.538.